The Labute approximate surface area is 133 Å². The third kappa shape index (κ3) is 3.14. The Morgan fingerprint density at radius 3 is 2.96 bits per heavy atom. The quantitative estimate of drug-likeness (QED) is 0.941. The molecule has 1 aliphatic heterocycles. The maximum absolute atomic E-state index is 13.9. The van der Waals surface area contributed by atoms with Crippen LogP contribution in [0.4, 0.5) is 8.78 Å². The molecule has 0 amide bonds. The highest BCUT2D eigenvalue weighted by atomic mass is 19.1. The van der Waals surface area contributed by atoms with Gasteiger partial charge in [-0.05, 0) is 30.9 Å². The molecule has 1 aromatic heterocycles. The molecule has 1 unspecified atom stereocenters. The molecular formula is C17H19F2N3O. The minimum Gasteiger partial charge on any atom is -0.378 e. The molecule has 2 aliphatic rings. The van der Waals surface area contributed by atoms with Gasteiger partial charge in [0.2, 0.25) is 0 Å². The summed E-state index contributed by atoms with van der Waals surface area (Å²) in [5, 5.41) is 0. The fourth-order valence-electron chi connectivity index (χ4n) is 3.09. The number of imidazole rings is 1. The molecule has 2 aromatic rings. The third-order valence-corrected chi connectivity index (χ3v) is 4.56. The molecule has 4 rings (SSSR count). The molecule has 1 saturated carbocycles. The van der Waals surface area contributed by atoms with Crippen LogP contribution in [0.2, 0.25) is 0 Å². The third-order valence-electron chi connectivity index (χ3n) is 4.56. The van der Waals surface area contributed by atoms with Crippen LogP contribution >= 0.6 is 0 Å². The summed E-state index contributed by atoms with van der Waals surface area (Å²) < 4.78 is 32.6. The lowest BCUT2D eigenvalue weighted by Crippen LogP contribution is -2.41. The van der Waals surface area contributed by atoms with Gasteiger partial charge in [0.15, 0.2) is 0 Å². The second kappa shape index (κ2) is 6.02. The van der Waals surface area contributed by atoms with Crippen LogP contribution in [0.25, 0.3) is 11.3 Å². The van der Waals surface area contributed by atoms with Gasteiger partial charge >= 0.3 is 0 Å². The highest BCUT2D eigenvalue weighted by Crippen LogP contribution is 2.34. The van der Waals surface area contributed by atoms with E-state index in [9.17, 15) is 8.78 Å². The molecular weight excluding hydrogens is 300 g/mol. The van der Waals surface area contributed by atoms with Gasteiger partial charge in [0, 0.05) is 24.7 Å². The summed E-state index contributed by atoms with van der Waals surface area (Å²) in [6.07, 6.45) is 4.21. The van der Waals surface area contributed by atoms with E-state index < -0.39 is 11.6 Å². The summed E-state index contributed by atoms with van der Waals surface area (Å²) in [6.45, 7) is 3.28. The molecule has 6 heteroatoms. The smallest absolute Gasteiger partial charge is 0.135 e. The second-order valence-electron chi connectivity index (χ2n) is 6.34. The number of rotatable bonds is 4. The molecule has 1 atom stereocenters. The first kappa shape index (κ1) is 14.8. The van der Waals surface area contributed by atoms with Crippen molar-refractivity contribution >= 4 is 0 Å². The van der Waals surface area contributed by atoms with Crippen molar-refractivity contribution in [1.29, 1.82) is 0 Å². The maximum atomic E-state index is 13.9. The van der Waals surface area contributed by atoms with Crippen LogP contribution in [0.3, 0.4) is 0 Å². The Morgan fingerprint density at radius 2 is 2.17 bits per heavy atom. The van der Waals surface area contributed by atoms with E-state index in [0.717, 1.165) is 37.5 Å². The summed E-state index contributed by atoms with van der Waals surface area (Å²) in [7, 11) is 0. The van der Waals surface area contributed by atoms with Crippen LogP contribution in [-0.4, -0.2) is 41.2 Å². The Morgan fingerprint density at radius 1 is 1.30 bits per heavy atom. The van der Waals surface area contributed by atoms with E-state index >= 15 is 0 Å². The van der Waals surface area contributed by atoms with Gasteiger partial charge in [0.25, 0.3) is 0 Å². The monoisotopic (exact) mass is 319 g/mol. The minimum absolute atomic E-state index is 0.0709. The first-order valence-corrected chi connectivity index (χ1v) is 8.03. The Hall–Kier alpha value is -1.79. The van der Waals surface area contributed by atoms with Gasteiger partial charge in [-0.25, -0.2) is 13.8 Å². The second-order valence-corrected chi connectivity index (χ2v) is 6.34. The van der Waals surface area contributed by atoms with Gasteiger partial charge in [-0.1, -0.05) is 0 Å². The van der Waals surface area contributed by atoms with Crippen molar-refractivity contribution in [3.8, 4) is 11.3 Å². The SMILES string of the molecule is Fc1ccc(-c2cnc(C3COCCN3CC3CC3)[nH]2)c(F)c1. The Balaban J connectivity index is 1.58. The van der Waals surface area contributed by atoms with Crippen molar-refractivity contribution in [2.75, 3.05) is 26.3 Å². The lowest BCUT2D eigenvalue weighted by atomic mass is 10.1. The summed E-state index contributed by atoms with van der Waals surface area (Å²) in [5.41, 5.74) is 0.894. The van der Waals surface area contributed by atoms with E-state index in [1.165, 1.54) is 25.0 Å². The molecule has 1 aromatic carbocycles. The van der Waals surface area contributed by atoms with Gasteiger partial charge in [0.05, 0.1) is 31.1 Å². The molecule has 2 heterocycles. The average Bonchev–Trinajstić information content (AvgIpc) is 3.22. The number of aromatic amines is 1. The van der Waals surface area contributed by atoms with E-state index in [-0.39, 0.29) is 6.04 Å². The predicted molar refractivity (Wildman–Crippen MR) is 81.8 cm³/mol. The number of morpholine rings is 1. The first-order chi connectivity index (χ1) is 11.2. The molecule has 4 nitrogen and oxygen atoms in total. The highest BCUT2D eigenvalue weighted by molar-refractivity contribution is 5.59. The number of aromatic nitrogens is 2. The highest BCUT2D eigenvalue weighted by Gasteiger charge is 2.32. The normalized spacial score (nSPS) is 22.4. The molecule has 23 heavy (non-hydrogen) atoms. The van der Waals surface area contributed by atoms with Crippen molar-refractivity contribution in [3.63, 3.8) is 0 Å². The number of ether oxygens (including phenoxy) is 1. The van der Waals surface area contributed by atoms with Gasteiger partial charge < -0.3 is 9.72 Å². The fraction of sp³-hybridized carbons (Fsp3) is 0.471. The van der Waals surface area contributed by atoms with Crippen LogP contribution in [0.5, 0.6) is 0 Å². The first-order valence-electron chi connectivity index (χ1n) is 8.03. The lowest BCUT2D eigenvalue weighted by molar-refractivity contribution is -0.0134. The molecule has 1 aliphatic carbocycles. The van der Waals surface area contributed by atoms with Crippen molar-refractivity contribution in [2.24, 2.45) is 5.92 Å². The standard InChI is InChI=1S/C17H19F2N3O/c18-12-3-4-13(14(19)7-12)15-8-20-17(21-15)16-10-23-6-5-22(16)9-11-1-2-11/h3-4,7-8,11,16H,1-2,5-6,9-10H2,(H,20,21). The largest absolute Gasteiger partial charge is 0.378 e. The molecule has 0 bridgehead atoms. The van der Waals surface area contributed by atoms with E-state index in [2.05, 4.69) is 14.9 Å². The Bertz CT molecular complexity index is 699. The van der Waals surface area contributed by atoms with Gasteiger partial charge in [-0.3, -0.25) is 4.90 Å². The minimum atomic E-state index is -0.588. The molecule has 1 N–H and O–H groups in total. The van der Waals surface area contributed by atoms with Crippen molar-refractivity contribution < 1.29 is 13.5 Å². The molecule has 1 saturated heterocycles. The van der Waals surface area contributed by atoms with E-state index in [0.29, 0.717) is 17.9 Å². The van der Waals surface area contributed by atoms with E-state index in [1.807, 2.05) is 0 Å². The van der Waals surface area contributed by atoms with E-state index in [4.69, 9.17) is 4.74 Å². The van der Waals surface area contributed by atoms with Gasteiger partial charge in [-0.15, -0.1) is 0 Å². The zero-order valence-corrected chi connectivity index (χ0v) is 12.8. The Kier molecular flexibility index (Phi) is 3.87. The van der Waals surface area contributed by atoms with Crippen LogP contribution in [0.1, 0.15) is 24.7 Å². The average molecular weight is 319 g/mol. The number of H-pyrrole nitrogens is 1. The van der Waals surface area contributed by atoms with Crippen molar-refractivity contribution in [2.45, 2.75) is 18.9 Å². The van der Waals surface area contributed by atoms with Crippen molar-refractivity contribution in [1.82, 2.24) is 14.9 Å². The fourth-order valence-corrected chi connectivity index (χ4v) is 3.09. The maximum Gasteiger partial charge on any atom is 0.135 e. The van der Waals surface area contributed by atoms with Gasteiger partial charge in [0.1, 0.15) is 17.5 Å². The van der Waals surface area contributed by atoms with Crippen LogP contribution in [0.15, 0.2) is 24.4 Å². The summed E-state index contributed by atoms with van der Waals surface area (Å²) in [4.78, 5) is 10.0. The number of hydrogen-bond acceptors (Lipinski definition) is 3. The molecule has 0 spiro atoms. The summed E-state index contributed by atoms with van der Waals surface area (Å²) in [6, 6.07) is 3.64. The van der Waals surface area contributed by atoms with Gasteiger partial charge in [-0.2, -0.15) is 0 Å². The zero-order valence-electron chi connectivity index (χ0n) is 12.8. The van der Waals surface area contributed by atoms with Crippen LogP contribution in [0, 0.1) is 17.6 Å². The van der Waals surface area contributed by atoms with Crippen molar-refractivity contribution in [3.05, 3.63) is 41.9 Å². The van der Waals surface area contributed by atoms with Crippen LogP contribution in [-0.2, 0) is 4.74 Å². The van der Waals surface area contributed by atoms with Crippen LogP contribution < -0.4 is 0 Å². The topological polar surface area (TPSA) is 41.1 Å². The molecule has 2 fully saturated rings. The summed E-state index contributed by atoms with van der Waals surface area (Å²) in [5.74, 6) is 0.404. The lowest BCUT2D eigenvalue weighted by Gasteiger charge is -2.34. The predicted octanol–water partition coefficient (Wildman–Crippen LogP) is 3.14. The number of nitrogens with one attached hydrogen (secondary N) is 1. The number of nitrogens with zero attached hydrogens (tertiary/aromatic N) is 2. The number of halogens is 2. The summed E-state index contributed by atoms with van der Waals surface area (Å²) >= 11 is 0. The molecule has 122 valence electrons. The number of hydrogen-bond donors (Lipinski definition) is 1. The number of benzene rings is 1. The van der Waals surface area contributed by atoms with E-state index in [1.54, 1.807) is 6.20 Å². The molecule has 0 radical (unpaired) electrons. The zero-order chi connectivity index (χ0) is 15.8.